The number of fused-ring (bicyclic) bond motifs is 1. The number of rotatable bonds is 1. The zero-order valence-corrected chi connectivity index (χ0v) is 12.6. The smallest absolute Gasteiger partial charge is 0.0505 e. The molecule has 0 radical (unpaired) electrons. The molecule has 0 amide bonds. The van der Waals surface area contributed by atoms with Gasteiger partial charge in [-0.25, -0.2) is 0 Å². The van der Waals surface area contributed by atoms with Gasteiger partial charge in [-0.15, -0.1) is 0 Å². The molecule has 106 valence electrons. The van der Waals surface area contributed by atoms with Crippen molar-refractivity contribution in [1.82, 2.24) is 4.90 Å². The maximum atomic E-state index is 6.40. The molecule has 2 unspecified atom stereocenters. The van der Waals surface area contributed by atoms with Gasteiger partial charge in [0.05, 0.1) is 6.04 Å². The molecule has 1 heterocycles. The van der Waals surface area contributed by atoms with Gasteiger partial charge in [-0.1, -0.05) is 36.4 Å². The Balaban J connectivity index is 2.03. The van der Waals surface area contributed by atoms with Crippen LogP contribution >= 0.6 is 0 Å². The number of nitrogens with zero attached hydrogens (tertiary/aromatic N) is 1. The summed E-state index contributed by atoms with van der Waals surface area (Å²) in [4.78, 5) is 2.54. The minimum atomic E-state index is 0.157. The SMILES string of the molecule is CC(C)(C)N1CCC(N)C1c1ccc2ccccc2c1. The fourth-order valence-corrected chi connectivity index (χ4v) is 3.39. The summed E-state index contributed by atoms with van der Waals surface area (Å²) < 4.78 is 0. The molecule has 1 aliphatic rings. The Hall–Kier alpha value is -1.38. The lowest BCUT2D eigenvalue weighted by Gasteiger charge is -2.38. The van der Waals surface area contributed by atoms with Gasteiger partial charge in [-0.2, -0.15) is 0 Å². The third-order valence-corrected chi connectivity index (χ3v) is 4.42. The second kappa shape index (κ2) is 4.87. The van der Waals surface area contributed by atoms with Gasteiger partial charge < -0.3 is 5.73 Å². The topological polar surface area (TPSA) is 29.3 Å². The molecule has 1 fully saturated rings. The molecule has 2 N–H and O–H groups in total. The normalized spacial score (nSPS) is 24.4. The monoisotopic (exact) mass is 268 g/mol. The summed E-state index contributed by atoms with van der Waals surface area (Å²) in [6, 6.07) is 15.9. The van der Waals surface area contributed by atoms with Crippen molar-refractivity contribution in [2.24, 2.45) is 5.73 Å². The van der Waals surface area contributed by atoms with Crippen molar-refractivity contribution < 1.29 is 0 Å². The summed E-state index contributed by atoms with van der Waals surface area (Å²) in [5.41, 5.74) is 7.91. The van der Waals surface area contributed by atoms with E-state index in [0.29, 0.717) is 6.04 Å². The molecule has 2 heteroatoms. The first kappa shape index (κ1) is 13.6. The lowest BCUT2D eigenvalue weighted by atomic mass is 9.95. The molecular weight excluding hydrogens is 244 g/mol. The number of hydrogen-bond donors (Lipinski definition) is 1. The Kier molecular flexibility index (Phi) is 3.31. The Labute approximate surface area is 121 Å². The molecule has 2 aromatic carbocycles. The summed E-state index contributed by atoms with van der Waals surface area (Å²) in [6.07, 6.45) is 1.08. The first-order valence-corrected chi connectivity index (χ1v) is 7.48. The van der Waals surface area contributed by atoms with Crippen LogP contribution in [-0.2, 0) is 0 Å². The highest BCUT2D eigenvalue weighted by atomic mass is 15.3. The average Bonchev–Trinajstić information content (AvgIpc) is 2.80. The number of nitrogens with two attached hydrogens (primary N) is 1. The maximum Gasteiger partial charge on any atom is 0.0505 e. The minimum Gasteiger partial charge on any atom is -0.326 e. The van der Waals surface area contributed by atoms with Gasteiger partial charge in [0.15, 0.2) is 0 Å². The van der Waals surface area contributed by atoms with E-state index in [1.165, 1.54) is 16.3 Å². The van der Waals surface area contributed by atoms with Crippen LogP contribution in [0.1, 0.15) is 38.8 Å². The lowest BCUT2D eigenvalue weighted by molar-refractivity contribution is 0.117. The maximum absolute atomic E-state index is 6.40. The zero-order chi connectivity index (χ0) is 14.3. The van der Waals surface area contributed by atoms with Crippen LogP contribution in [0.15, 0.2) is 42.5 Å². The van der Waals surface area contributed by atoms with Crippen molar-refractivity contribution in [3.8, 4) is 0 Å². The van der Waals surface area contributed by atoms with Crippen LogP contribution < -0.4 is 5.73 Å². The van der Waals surface area contributed by atoms with Crippen molar-refractivity contribution in [1.29, 1.82) is 0 Å². The van der Waals surface area contributed by atoms with E-state index in [4.69, 9.17) is 5.73 Å². The minimum absolute atomic E-state index is 0.157. The molecule has 2 nitrogen and oxygen atoms in total. The first-order chi connectivity index (χ1) is 9.47. The van der Waals surface area contributed by atoms with Gasteiger partial charge in [0.1, 0.15) is 0 Å². The zero-order valence-electron chi connectivity index (χ0n) is 12.6. The van der Waals surface area contributed by atoms with Gasteiger partial charge in [0.2, 0.25) is 0 Å². The third kappa shape index (κ3) is 2.34. The number of benzene rings is 2. The molecule has 2 aromatic rings. The summed E-state index contributed by atoms with van der Waals surface area (Å²) in [5, 5.41) is 2.60. The van der Waals surface area contributed by atoms with Crippen LogP contribution in [-0.4, -0.2) is 23.0 Å². The molecule has 0 spiro atoms. The average molecular weight is 268 g/mol. The Morgan fingerprint density at radius 3 is 2.45 bits per heavy atom. The van der Waals surface area contributed by atoms with Crippen LogP contribution in [0.4, 0.5) is 0 Å². The van der Waals surface area contributed by atoms with Crippen LogP contribution in [0.5, 0.6) is 0 Å². The van der Waals surface area contributed by atoms with Gasteiger partial charge in [-0.05, 0) is 49.6 Å². The van der Waals surface area contributed by atoms with Gasteiger partial charge >= 0.3 is 0 Å². The molecule has 1 saturated heterocycles. The van der Waals surface area contributed by atoms with Crippen molar-refractivity contribution in [2.75, 3.05) is 6.54 Å². The van der Waals surface area contributed by atoms with E-state index in [-0.39, 0.29) is 11.6 Å². The van der Waals surface area contributed by atoms with E-state index in [0.717, 1.165) is 13.0 Å². The second-order valence-corrected chi connectivity index (χ2v) is 6.87. The van der Waals surface area contributed by atoms with Crippen LogP contribution in [0.3, 0.4) is 0 Å². The molecule has 3 rings (SSSR count). The van der Waals surface area contributed by atoms with E-state index < -0.39 is 0 Å². The highest BCUT2D eigenvalue weighted by Gasteiger charge is 2.38. The molecule has 20 heavy (non-hydrogen) atoms. The van der Waals surface area contributed by atoms with Crippen molar-refractivity contribution in [2.45, 2.75) is 44.8 Å². The highest BCUT2D eigenvalue weighted by Crippen LogP contribution is 2.37. The lowest BCUT2D eigenvalue weighted by Crippen LogP contribution is -2.43. The number of hydrogen-bond acceptors (Lipinski definition) is 2. The quantitative estimate of drug-likeness (QED) is 0.854. The molecule has 0 aliphatic carbocycles. The molecule has 0 aromatic heterocycles. The van der Waals surface area contributed by atoms with Crippen molar-refractivity contribution >= 4 is 10.8 Å². The summed E-state index contributed by atoms with van der Waals surface area (Å²) in [5.74, 6) is 0. The molecule has 0 saturated carbocycles. The second-order valence-electron chi connectivity index (χ2n) is 6.87. The predicted molar refractivity (Wildman–Crippen MR) is 85.7 cm³/mol. The van der Waals surface area contributed by atoms with Crippen LogP contribution in [0.2, 0.25) is 0 Å². The van der Waals surface area contributed by atoms with Gasteiger partial charge in [0.25, 0.3) is 0 Å². The van der Waals surface area contributed by atoms with Crippen molar-refractivity contribution in [3.05, 3.63) is 48.0 Å². The molecular formula is C18H24N2. The third-order valence-electron chi connectivity index (χ3n) is 4.42. The molecule has 2 atom stereocenters. The highest BCUT2D eigenvalue weighted by molar-refractivity contribution is 5.83. The molecule has 1 aliphatic heterocycles. The summed E-state index contributed by atoms with van der Waals surface area (Å²) in [6.45, 7) is 7.92. The van der Waals surface area contributed by atoms with E-state index in [2.05, 4.69) is 68.1 Å². The fourth-order valence-electron chi connectivity index (χ4n) is 3.39. The van der Waals surface area contributed by atoms with Gasteiger partial charge in [-0.3, -0.25) is 4.90 Å². The summed E-state index contributed by atoms with van der Waals surface area (Å²) >= 11 is 0. The Bertz CT molecular complexity index is 612. The Morgan fingerprint density at radius 2 is 1.75 bits per heavy atom. The first-order valence-electron chi connectivity index (χ1n) is 7.48. The Morgan fingerprint density at radius 1 is 1.05 bits per heavy atom. The summed E-state index contributed by atoms with van der Waals surface area (Å²) in [7, 11) is 0. The van der Waals surface area contributed by atoms with E-state index in [1.807, 2.05) is 0 Å². The fraction of sp³-hybridized carbons (Fsp3) is 0.444. The van der Waals surface area contributed by atoms with E-state index in [9.17, 15) is 0 Å². The largest absolute Gasteiger partial charge is 0.326 e. The predicted octanol–water partition coefficient (Wildman–Crippen LogP) is 3.71. The van der Waals surface area contributed by atoms with Crippen LogP contribution in [0, 0.1) is 0 Å². The molecule has 0 bridgehead atoms. The number of likely N-dealkylation sites (tertiary alicyclic amines) is 1. The van der Waals surface area contributed by atoms with Crippen molar-refractivity contribution in [3.63, 3.8) is 0 Å². The standard InChI is InChI=1S/C18H24N2/c1-18(2,3)20-11-10-16(19)17(20)15-9-8-13-6-4-5-7-14(13)12-15/h4-9,12,16-17H,10-11,19H2,1-3H3. The van der Waals surface area contributed by atoms with Crippen LogP contribution in [0.25, 0.3) is 10.8 Å². The van der Waals surface area contributed by atoms with Gasteiger partial charge in [0, 0.05) is 18.1 Å². The van der Waals surface area contributed by atoms with E-state index in [1.54, 1.807) is 0 Å². The van der Waals surface area contributed by atoms with E-state index >= 15 is 0 Å².